The molecular formula is C15H15ClN4O3. The van der Waals surface area contributed by atoms with Crippen LogP contribution in [0.15, 0.2) is 30.5 Å². The first-order chi connectivity index (χ1) is 11.0. The zero-order chi connectivity index (χ0) is 16.6. The van der Waals surface area contributed by atoms with Crippen molar-refractivity contribution in [2.24, 2.45) is 7.05 Å². The second kappa shape index (κ2) is 6.00. The fourth-order valence-corrected chi connectivity index (χ4v) is 3.07. The normalized spacial score (nSPS) is 17.5. The van der Waals surface area contributed by atoms with Crippen molar-refractivity contribution in [3.63, 3.8) is 0 Å². The van der Waals surface area contributed by atoms with E-state index < -0.39 is 10.8 Å². The van der Waals surface area contributed by atoms with Gasteiger partial charge < -0.3 is 4.90 Å². The molecule has 1 aromatic carbocycles. The monoisotopic (exact) mass is 334 g/mol. The van der Waals surface area contributed by atoms with Gasteiger partial charge in [-0.1, -0.05) is 23.7 Å². The van der Waals surface area contributed by atoms with E-state index in [1.165, 1.54) is 10.9 Å². The zero-order valence-electron chi connectivity index (χ0n) is 12.5. The number of likely N-dealkylation sites (tertiary alicyclic amines) is 1. The first-order valence-corrected chi connectivity index (χ1v) is 7.59. The molecule has 0 aliphatic carbocycles. The molecule has 8 heteroatoms. The molecule has 3 rings (SSSR count). The third-order valence-electron chi connectivity index (χ3n) is 3.98. The van der Waals surface area contributed by atoms with Crippen molar-refractivity contribution >= 4 is 23.2 Å². The average molecular weight is 335 g/mol. The van der Waals surface area contributed by atoms with Gasteiger partial charge in [-0.05, 0) is 30.5 Å². The van der Waals surface area contributed by atoms with Gasteiger partial charge >= 0.3 is 5.69 Å². The maximum atomic E-state index is 12.8. The summed E-state index contributed by atoms with van der Waals surface area (Å²) in [4.78, 5) is 24.9. The third kappa shape index (κ3) is 2.92. The second-order valence-corrected chi connectivity index (χ2v) is 5.94. The molecule has 2 heterocycles. The Kier molecular flexibility index (Phi) is 4.04. The van der Waals surface area contributed by atoms with Gasteiger partial charge in [0.05, 0.1) is 11.0 Å². The molecule has 0 saturated carbocycles. The predicted octanol–water partition coefficient (Wildman–Crippen LogP) is 2.96. The minimum atomic E-state index is -0.576. The maximum Gasteiger partial charge on any atom is 0.320 e. The molecule has 23 heavy (non-hydrogen) atoms. The van der Waals surface area contributed by atoms with Gasteiger partial charge in [-0.15, -0.1) is 0 Å². The number of nitro groups is 1. The van der Waals surface area contributed by atoms with Gasteiger partial charge in [0, 0.05) is 18.6 Å². The number of carbonyl (C=O) groups is 1. The Morgan fingerprint density at radius 2 is 2.09 bits per heavy atom. The number of hydrogen-bond donors (Lipinski definition) is 0. The van der Waals surface area contributed by atoms with Gasteiger partial charge in [-0.2, -0.15) is 5.10 Å². The van der Waals surface area contributed by atoms with Crippen LogP contribution in [0.5, 0.6) is 0 Å². The lowest BCUT2D eigenvalue weighted by atomic mass is 10.0. The molecule has 0 bridgehead atoms. The Morgan fingerprint density at radius 1 is 1.39 bits per heavy atom. The molecule has 1 fully saturated rings. The largest absolute Gasteiger partial charge is 0.330 e. The van der Waals surface area contributed by atoms with Crippen LogP contribution in [0, 0.1) is 10.1 Å². The minimum absolute atomic E-state index is 0.110. The molecule has 1 atom stereocenters. The van der Waals surface area contributed by atoms with Crippen LogP contribution in [0.4, 0.5) is 5.69 Å². The molecule has 7 nitrogen and oxygen atoms in total. The Hall–Kier alpha value is -2.41. The average Bonchev–Trinajstić information content (AvgIpc) is 3.14. The Morgan fingerprint density at radius 3 is 2.74 bits per heavy atom. The third-order valence-corrected chi connectivity index (χ3v) is 4.23. The number of benzene rings is 1. The van der Waals surface area contributed by atoms with Gasteiger partial charge in [0.2, 0.25) is 5.69 Å². The number of halogens is 1. The summed E-state index contributed by atoms with van der Waals surface area (Å²) in [6, 6.07) is 7.21. The highest BCUT2D eigenvalue weighted by Gasteiger charge is 2.35. The summed E-state index contributed by atoms with van der Waals surface area (Å²) in [6.45, 7) is 0.555. The van der Waals surface area contributed by atoms with E-state index in [2.05, 4.69) is 5.10 Å². The summed E-state index contributed by atoms with van der Waals surface area (Å²) in [5, 5.41) is 15.7. The van der Waals surface area contributed by atoms with Crippen LogP contribution >= 0.6 is 11.6 Å². The molecule has 1 aromatic heterocycles. The van der Waals surface area contributed by atoms with Gasteiger partial charge in [0.1, 0.15) is 6.20 Å². The van der Waals surface area contributed by atoms with Gasteiger partial charge in [-0.3, -0.25) is 19.6 Å². The molecule has 2 aromatic rings. The predicted molar refractivity (Wildman–Crippen MR) is 84.3 cm³/mol. The number of amides is 1. The van der Waals surface area contributed by atoms with E-state index in [1.54, 1.807) is 24.1 Å². The van der Waals surface area contributed by atoms with Crippen LogP contribution in [-0.4, -0.2) is 32.1 Å². The first-order valence-electron chi connectivity index (χ1n) is 7.22. The van der Waals surface area contributed by atoms with E-state index in [4.69, 9.17) is 11.6 Å². The van der Waals surface area contributed by atoms with Crippen molar-refractivity contribution in [2.45, 2.75) is 18.9 Å². The van der Waals surface area contributed by atoms with Crippen molar-refractivity contribution in [1.29, 1.82) is 0 Å². The quantitative estimate of drug-likeness (QED) is 0.638. The summed E-state index contributed by atoms with van der Waals surface area (Å²) >= 11 is 5.90. The van der Waals surface area contributed by atoms with Crippen LogP contribution in [0.2, 0.25) is 5.02 Å². The van der Waals surface area contributed by atoms with Gasteiger partial charge in [-0.25, -0.2) is 0 Å². The molecule has 1 saturated heterocycles. The highest BCUT2D eigenvalue weighted by Crippen LogP contribution is 2.34. The molecule has 1 aliphatic rings. The van der Waals surface area contributed by atoms with E-state index >= 15 is 0 Å². The summed E-state index contributed by atoms with van der Waals surface area (Å²) in [5.74, 6) is -0.408. The van der Waals surface area contributed by atoms with Crippen LogP contribution in [0.1, 0.15) is 34.9 Å². The van der Waals surface area contributed by atoms with Crippen LogP contribution < -0.4 is 0 Å². The minimum Gasteiger partial charge on any atom is -0.330 e. The molecule has 1 amide bonds. The maximum absolute atomic E-state index is 12.8. The van der Waals surface area contributed by atoms with E-state index in [0.29, 0.717) is 11.6 Å². The molecule has 0 radical (unpaired) electrons. The highest BCUT2D eigenvalue weighted by atomic mass is 35.5. The number of aryl methyl sites for hydroxylation is 1. The van der Waals surface area contributed by atoms with E-state index in [-0.39, 0.29) is 17.4 Å². The van der Waals surface area contributed by atoms with Crippen molar-refractivity contribution in [1.82, 2.24) is 14.7 Å². The summed E-state index contributed by atoms with van der Waals surface area (Å²) in [6.07, 6.45) is 2.91. The van der Waals surface area contributed by atoms with Crippen molar-refractivity contribution in [3.05, 3.63) is 56.9 Å². The lowest BCUT2D eigenvalue weighted by Gasteiger charge is -2.24. The first kappa shape index (κ1) is 15.5. The van der Waals surface area contributed by atoms with E-state index in [9.17, 15) is 14.9 Å². The van der Waals surface area contributed by atoms with Gasteiger partial charge in [0.25, 0.3) is 5.91 Å². The smallest absolute Gasteiger partial charge is 0.320 e. The fraction of sp³-hybridized carbons (Fsp3) is 0.333. The molecule has 0 spiro atoms. The number of carbonyl (C=O) groups excluding carboxylic acids is 1. The number of nitrogens with zero attached hydrogens (tertiary/aromatic N) is 4. The summed E-state index contributed by atoms with van der Waals surface area (Å²) in [5.41, 5.74) is 0.594. The number of hydrogen-bond acceptors (Lipinski definition) is 4. The van der Waals surface area contributed by atoms with Crippen molar-refractivity contribution < 1.29 is 9.72 Å². The van der Waals surface area contributed by atoms with Crippen molar-refractivity contribution in [3.8, 4) is 0 Å². The van der Waals surface area contributed by atoms with Crippen LogP contribution in [0.25, 0.3) is 0 Å². The SMILES string of the molecule is Cn1cc([N+](=O)[O-])c(C(=O)N2CCC[C@@H]2c2ccc(Cl)cc2)n1. The zero-order valence-corrected chi connectivity index (χ0v) is 13.2. The van der Waals surface area contributed by atoms with Crippen LogP contribution in [0.3, 0.4) is 0 Å². The van der Waals surface area contributed by atoms with Gasteiger partial charge in [0.15, 0.2) is 0 Å². The molecule has 120 valence electrons. The number of rotatable bonds is 3. The Balaban J connectivity index is 1.92. The Bertz CT molecular complexity index is 757. The van der Waals surface area contributed by atoms with Crippen molar-refractivity contribution in [2.75, 3.05) is 6.54 Å². The topological polar surface area (TPSA) is 81.3 Å². The molecule has 0 unspecified atom stereocenters. The van der Waals surface area contributed by atoms with E-state index in [0.717, 1.165) is 18.4 Å². The summed E-state index contributed by atoms with van der Waals surface area (Å²) in [7, 11) is 1.56. The molecule has 0 N–H and O–H groups in total. The number of aromatic nitrogens is 2. The van der Waals surface area contributed by atoms with Crippen LogP contribution in [-0.2, 0) is 7.05 Å². The highest BCUT2D eigenvalue weighted by molar-refractivity contribution is 6.30. The molecular weight excluding hydrogens is 320 g/mol. The van der Waals surface area contributed by atoms with E-state index in [1.807, 2.05) is 12.1 Å². The lowest BCUT2D eigenvalue weighted by molar-refractivity contribution is -0.385. The fourth-order valence-electron chi connectivity index (χ4n) is 2.94. The lowest BCUT2D eigenvalue weighted by Crippen LogP contribution is -2.31. The summed E-state index contributed by atoms with van der Waals surface area (Å²) < 4.78 is 1.29. The second-order valence-electron chi connectivity index (χ2n) is 5.50. The Labute approximate surface area is 137 Å². The molecule has 1 aliphatic heterocycles. The standard InChI is InChI=1S/C15H15ClN4O3/c1-18-9-13(20(22)23)14(17-18)15(21)19-8-2-3-12(19)10-4-6-11(16)7-5-10/h4-7,9,12H,2-3,8H2,1H3/t12-/m1/s1.